The molecule has 1 N–H and O–H groups in total. The Balaban J connectivity index is 1.73. The second kappa shape index (κ2) is 8.01. The summed E-state index contributed by atoms with van der Waals surface area (Å²) in [4.78, 5) is 19.4. The van der Waals surface area contributed by atoms with Crippen LogP contribution in [0.5, 0.6) is 5.75 Å². The van der Waals surface area contributed by atoms with E-state index in [0.29, 0.717) is 5.56 Å². The maximum Gasteiger partial charge on any atom is 0.259 e. The molecule has 3 rings (SSSR count). The van der Waals surface area contributed by atoms with Crippen LogP contribution in [0, 0.1) is 0 Å². The molecule has 2 aromatic rings. The fraction of sp³-hybridized carbons (Fsp3) is 0.400. The molecule has 0 unspecified atom stereocenters. The van der Waals surface area contributed by atoms with Crippen molar-refractivity contribution in [1.29, 1.82) is 0 Å². The maximum absolute atomic E-state index is 12.7. The third-order valence-corrected chi connectivity index (χ3v) is 4.17. The standard InChI is InChI=1S/C20H25N3O2/c1-15(2)25-17-10-8-16(9-11-17)22-20(24)18-7-6-12-21-19(18)23-13-4-3-5-14-23/h6-12,15H,3-5,13-14H2,1-2H3,(H,22,24). The molecule has 1 amide bonds. The number of benzene rings is 1. The summed E-state index contributed by atoms with van der Waals surface area (Å²) in [6, 6.07) is 11.1. The van der Waals surface area contributed by atoms with Crippen molar-refractivity contribution in [2.75, 3.05) is 23.3 Å². The van der Waals surface area contributed by atoms with Gasteiger partial charge in [0.15, 0.2) is 0 Å². The van der Waals surface area contributed by atoms with Crippen LogP contribution in [0.1, 0.15) is 43.5 Å². The molecule has 25 heavy (non-hydrogen) atoms. The van der Waals surface area contributed by atoms with Gasteiger partial charge in [0.1, 0.15) is 11.6 Å². The van der Waals surface area contributed by atoms with Gasteiger partial charge in [-0.1, -0.05) is 0 Å². The molecule has 0 aliphatic carbocycles. The lowest BCUT2D eigenvalue weighted by Gasteiger charge is -2.29. The Kier molecular flexibility index (Phi) is 5.53. The van der Waals surface area contributed by atoms with Gasteiger partial charge in [-0.2, -0.15) is 0 Å². The van der Waals surface area contributed by atoms with Gasteiger partial charge in [0, 0.05) is 25.0 Å². The first kappa shape index (κ1) is 17.3. The average Bonchev–Trinajstić information content (AvgIpc) is 2.63. The molecule has 2 heterocycles. The number of hydrogen-bond donors (Lipinski definition) is 1. The zero-order valence-corrected chi connectivity index (χ0v) is 14.9. The second-order valence-corrected chi connectivity index (χ2v) is 6.57. The predicted molar refractivity (Wildman–Crippen MR) is 100 cm³/mol. The van der Waals surface area contributed by atoms with Crippen molar-refractivity contribution in [3.63, 3.8) is 0 Å². The summed E-state index contributed by atoms with van der Waals surface area (Å²) in [6.07, 6.45) is 5.42. The highest BCUT2D eigenvalue weighted by Gasteiger charge is 2.19. The van der Waals surface area contributed by atoms with Gasteiger partial charge in [-0.15, -0.1) is 0 Å². The van der Waals surface area contributed by atoms with E-state index in [4.69, 9.17) is 4.74 Å². The number of carbonyl (C=O) groups excluding carboxylic acids is 1. The first-order valence-corrected chi connectivity index (χ1v) is 8.91. The third kappa shape index (κ3) is 4.50. The molecule has 1 aromatic heterocycles. The minimum Gasteiger partial charge on any atom is -0.491 e. The van der Waals surface area contributed by atoms with E-state index in [9.17, 15) is 4.79 Å². The van der Waals surface area contributed by atoms with Crippen LogP contribution < -0.4 is 15.0 Å². The van der Waals surface area contributed by atoms with Crippen molar-refractivity contribution < 1.29 is 9.53 Å². The van der Waals surface area contributed by atoms with Gasteiger partial charge in [0.2, 0.25) is 0 Å². The number of nitrogens with one attached hydrogen (secondary N) is 1. The number of nitrogens with zero attached hydrogens (tertiary/aromatic N) is 2. The van der Waals surface area contributed by atoms with E-state index in [2.05, 4.69) is 15.2 Å². The Morgan fingerprint density at radius 2 is 1.84 bits per heavy atom. The van der Waals surface area contributed by atoms with Crippen LogP contribution >= 0.6 is 0 Å². The topological polar surface area (TPSA) is 54.5 Å². The molecule has 0 spiro atoms. The first-order chi connectivity index (χ1) is 12.1. The number of pyridine rings is 1. The van der Waals surface area contributed by atoms with Crippen molar-refractivity contribution in [3.8, 4) is 5.75 Å². The summed E-state index contributed by atoms with van der Waals surface area (Å²) in [5, 5.41) is 2.96. The Bertz CT molecular complexity index is 707. The van der Waals surface area contributed by atoms with Crippen molar-refractivity contribution in [3.05, 3.63) is 48.2 Å². The number of anilines is 2. The number of hydrogen-bond acceptors (Lipinski definition) is 4. The quantitative estimate of drug-likeness (QED) is 0.890. The van der Waals surface area contributed by atoms with Gasteiger partial charge in [0.05, 0.1) is 11.7 Å². The highest BCUT2D eigenvalue weighted by molar-refractivity contribution is 6.07. The SMILES string of the molecule is CC(C)Oc1ccc(NC(=O)c2cccnc2N2CCCCC2)cc1. The van der Waals surface area contributed by atoms with Gasteiger partial charge < -0.3 is 15.0 Å². The molecule has 1 saturated heterocycles. The van der Waals surface area contributed by atoms with Crippen LogP contribution in [0.2, 0.25) is 0 Å². The fourth-order valence-corrected chi connectivity index (χ4v) is 3.02. The lowest BCUT2D eigenvalue weighted by atomic mass is 10.1. The number of rotatable bonds is 5. The lowest BCUT2D eigenvalue weighted by Crippen LogP contribution is -2.32. The van der Waals surface area contributed by atoms with E-state index < -0.39 is 0 Å². The van der Waals surface area contributed by atoms with Crippen molar-refractivity contribution in [2.24, 2.45) is 0 Å². The molecular formula is C20H25N3O2. The summed E-state index contributed by atoms with van der Waals surface area (Å²) in [6.45, 7) is 5.89. The average molecular weight is 339 g/mol. The molecule has 1 aromatic carbocycles. The minimum absolute atomic E-state index is 0.128. The van der Waals surface area contributed by atoms with Crippen LogP contribution in [0.25, 0.3) is 0 Å². The molecular weight excluding hydrogens is 314 g/mol. The molecule has 0 radical (unpaired) electrons. The largest absolute Gasteiger partial charge is 0.491 e. The molecule has 132 valence electrons. The predicted octanol–water partition coefficient (Wildman–Crippen LogP) is 4.11. The third-order valence-electron chi connectivity index (χ3n) is 4.17. The van der Waals surface area contributed by atoms with E-state index in [1.165, 1.54) is 6.42 Å². The molecule has 1 aliphatic heterocycles. The monoisotopic (exact) mass is 339 g/mol. The maximum atomic E-state index is 12.7. The van der Waals surface area contributed by atoms with Crippen LogP contribution in [0.3, 0.4) is 0 Å². The van der Waals surface area contributed by atoms with Crippen molar-refractivity contribution in [2.45, 2.75) is 39.2 Å². The van der Waals surface area contributed by atoms with E-state index in [1.807, 2.05) is 50.2 Å². The van der Waals surface area contributed by atoms with Gasteiger partial charge in [-0.3, -0.25) is 4.79 Å². The summed E-state index contributed by atoms with van der Waals surface area (Å²) >= 11 is 0. The zero-order chi connectivity index (χ0) is 17.6. The number of amides is 1. The molecule has 1 aliphatic rings. The molecule has 5 heteroatoms. The number of carbonyl (C=O) groups is 1. The normalized spacial score (nSPS) is 14.4. The summed E-state index contributed by atoms with van der Waals surface area (Å²) in [5.41, 5.74) is 1.36. The van der Waals surface area contributed by atoms with Crippen LogP contribution in [-0.4, -0.2) is 30.1 Å². The number of aromatic nitrogens is 1. The van der Waals surface area contributed by atoms with Crippen LogP contribution in [0.4, 0.5) is 11.5 Å². The summed E-state index contributed by atoms with van der Waals surface area (Å²) in [7, 11) is 0. The lowest BCUT2D eigenvalue weighted by molar-refractivity contribution is 0.102. The van der Waals surface area contributed by atoms with Gasteiger partial charge >= 0.3 is 0 Å². The van der Waals surface area contributed by atoms with Crippen molar-refractivity contribution >= 4 is 17.4 Å². The van der Waals surface area contributed by atoms with Gasteiger partial charge in [0.25, 0.3) is 5.91 Å². The number of piperidine rings is 1. The van der Waals surface area contributed by atoms with Crippen LogP contribution in [0.15, 0.2) is 42.6 Å². The molecule has 1 fully saturated rings. The highest BCUT2D eigenvalue weighted by atomic mass is 16.5. The first-order valence-electron chi connectivity index (χ1n) is 8.91. The second-order valence-electron chi connectivity index (χ2n) is 6.57. The molecule has 0 bridgehead atoms. The highest BCUT2D eigenvalue weighted by Crippen LogP contribution is 2.23. The van der Waals surface area contributed by atoms with Crippen molar-refractivity contribution in [1.82, 2.24) is 4.98 Å². The number of ether oxygens (including phenoxy) is 1. The molecule has 0 atom stereocenters. The van der Waals surface area contributed by atoms with Crippen LogP contribution in [-0.2, 0) is 0 Å². The summed E-state index contributed by atoms with van der Waals surface area (Å²) in [5.74, 6) is 1.44. The Morgan fingerprint density at radius 3 is 2.52 bits per heavy atom. The van der Waals surface area contributed by atoms with E-state index in [-0.39, 0.29) is 12.0 Å². The minimum atomic E-state index is -0.133. The van der Waals surface area contributed by atoms with E-state index in [0.717, 1.165) is 43.2 Å². The summed E-state index contributed by atoms with van der Waals surface area (Å²) < 4.78 is 5.63. The smallest absolute Gasteiger partial charge is 0.259 e. The Labute approximate surface area is 149 Å². The Morgan fingerprint density at radius 1 is 1.12 bits per heavy atom. The fourth-order valence-electron chi connectivity index (χ4n) is 3.02. The van der Waals surface area contributed by atoms with Gasteiger partial charge in [-0.25, -0.2) is 4.98 Å². The molecule has 0 saturated carbocycles. The Hall–Kier alpha value is -2.56. The van der Waals surface area contributed by atoms with E-state index in [1.54, 1.807) is 6.20 Å². The zero-order valence-electron chi connectivity index (χ0n) is 14.9. The van der Waals surface area contributed by atoms with Gasteiger partial charge in [-0.05, 0) is 69.5 Å². The molecule has 5 nitrogen and oxygen atoms in total. The van der Waals surface area contributed by atoms with E-state index >= 15 is 0 Å².